The SMILES string of the molecule is C=C1c2ccccc2C(=O)N1CC1CCC(C(=O)O)O1. The maximum atomic E-state index is 12.3. The summed E-state index contributed by atoms with van der Waals surface area (Å²) in [5.41, 5.74) is 2.14. The highest BCUT2D eigenvalue weighted by Crippen LogP contribution is 2.32. The van der Waals surface area contributed by atoms with Crippen LogP contribution in [0.15, 0.2) is 30.8 Å². The Kier molecular flexibility index (Phi) is 3.06. The average Bonchev–Trinajstić information content (AvgIpc) is 3.00. The number of carbonyl (C=O) groups excluding carboxylic acids is 1. The van der Waals surface area contributed by atoms with E-state index in [0.29, 0.717) is 30.6 Å². The molecule has 1 fully saturated rings. The lowest BCUT2D eigenvalue weighted by Gasteiger charge is -2.21. The van der Waals surface area contributed by atoms with Gasteiger partial charge in [0.1, 0.15) is 0 Å². The van der Waals surface area contributed by atoms with Gasteiger partial charge in [0.25, 0.3) is 5.91 Å². The topological polar surface area (TPSA) is 66.8 Å². The molecule has 2 unspecified atom stereocenters. The molecule has 1 aromatic rings. The monoisotopic (exact) mass is 273 g/mol. The highest BCUT2D eigenvalue weighted by molar-refractivity contribution is 6.08. The quantitative estimate of drug-likeness (QED) is 0.911. The maximum Gasteiger partial charge on any atom is 0.332 e. The Balaban J connectivity index is 1.73. The first-order valence-electron chi connectivity index (χ1n) is 6.56. The molecule has 1 saturated heterocycles. The summed E-state index contributed by atoms with van der Waals surface area (Å²) in [7, 11) is 0. The average molecular weight is 273 g/mol. The largest absolute Gasteiger partial charge is 0.479 e. The number of amides is 1. The number of aliphatic carboxylic acids is 1. The molecule has 104 valence electrons. The van der Waals surface area contributed by atoms with Gasteiger partial charge in [-0.1, -0.05) is 24.8 Å². The summed E-state index contributed by atoms with van der Waals surface area (Å²) >= 11 is 0. The van der Waals surface area contributed by atoms with Gasteiger partial charge in [0.15, 0.2) is 6.10 Å². The number of carboxylic acids is 1. The Morgan fingerprint density at radius 1 is 1.35 bits per heavy atom. The van der Waals surface area contributed by atoms with Gasteiger partial charge in [0, 0.05) is 16.8 Å². The Morgan fingerprint density at radius 2 is 2.05 bits per heavy atom. The summed E-state index contributed by atoms with van der Waals surface area (Å²) in [6.45, 7) is 4.31. The van der Waals surface area contributed by atoms with E-state index in [2.05, 4.69) is 6.58 Å². The zero-order valence-electron chi connectivity index (χ0n) is 10.9. The standard InChI is InChI=1S/C15H15NO4/c1-9-11-4-2-3-5-12(11)14(17)16(9)8-10-6-7-13(20-10)15(18)19/h2-5,10,13H,1,6-8H2,(H,18,19). The van der Waals surface area contributed by atoms with Crippen molar-refractivity contribution in [3.05, 3.63) is 42.0 Å². The van der Waals surface area contributed by atoms with Gasteiger partial charge in [0.2, 0.25) is 0 Å². The fourth-order valence-corrected chi connectivity index (χ4v) is 2.75. The van der Waals surface area contributed by atoms with Crippen LogP contribution in [0.1, 0.15) is 28.8 Å². The number of carbonyl (C=O) groups is 2. The summed E-state index contributed by atoms with van der Waals surface area (Å²) in [5.74, 6) is -1.03. The van der Waals surface area contributed by atoms with Crippen molar-refractivity contribution in [2.45, 2.75) is 25.0 Å². The summed E-state index contributed by atoms with van der Waals surface area (Å²) < 4.78 is 5.45. The molecule has 0 aliphatic carbocycles. The molecule has 1 aromatic carbocycles. The smallest absolute Gasteiger partial charge is 0.332 e. The first-order valence-corrected chi connectivity index (χ1v) is 6.56. The van der Waals surface area contributed by atoms with Gasteiger partial charge in [0.05, 0.1) is 12.6 Å². The van der Waals surface area contributed by atoms with E-state index in [-0.39, 0.29) is 12.0 Å². The normalized spacial score (nSPS) is 25.1. The maximum absolute atomic E-state index is 12.3. The molecule has 2 atom stereocenters. The first-order chi connectivity index (χ1) is 9.58. The number of benzene rings is 1. The molecule has 1 N–H and O–H groups in total. The third-order valence-electron chi connectivity index (χ3n) is 3.81. The van der Waals surface area contributed by atoms with Crippen LogP contribution in [0.2, 0.25) is 0 Å². The molecule has 0 saturated carbocycles. The van der Waals surface area contributed by atoms with E-state index in [0.717, 1.165) is 5.56 Å². The molecule has 2 heterocycles. The molecular formula is C15H15NO4. The summed E-state index contributed by atoms with van der Waals surface area (Å²) in [6, 6.07) is 7.33. The number of rotatable bonds is 3. The van der Waals surface area contributed by atoms with E-state index < -0.39 is 12.1 Å². The van der Waals surface area contributed by atoms with E-state index >= 15 is 0 Å². The van der Waals surface area contributed by atoms with Gasteiger partial charge < -0.3 is 14.7 Å². The summed E-state index contributed by atoms with van der Waals surface area (Å²) in [4.78, 5) is 24.8. The van der Waals surface area contributed by atoms with Crippen LogP contribution in [-0.4, -0.2) is 40.6 Å². The highest BCUT2D eigenvalue weighted by Gasteiger charge is 2.36. The van der Waals surface area contributed by atoms with Gasteiger partial charge in [-0.25, -0.2) is 4.79 Å². The molecule has 20 heavy (non-hydrogen) atoms. The molecule has 0 bridgehead atoms. The molecule has 3 rings (SSSR count). The number of nitrogens with zero attached hydrogens (tertiary/aromatic N) is 1. The second-order valence-corrected chi connectivity index (χ2v) is 5.07. The van der Waals surface area contributed by atoms with Crippen molar-refractivity contribution >= 4 is 17.6 Å². The highest BCUT2D eigenvalue weighted by atomic mass is 16.5. The Morgan fingerprint density at radius 3 is 2.65 bits per heavy atom. The van der Waals surface area contributed by atoms with E-state index in [9.17, 15) is 9.59 Å². The van der Waals surface area contributed by atoms with Crippen molar-refractivity contribution in [3.63, 3.8) is 0 Å². The second-order valence-electron chi connectivity index (χ2n) is 5.07. The van der Waals surface area contributed by atoms with Gasteiger partial charge in [-0.05, 0) is 18.9 Å². The van der Waals surface area contributed by atoms with Crippen LogP contribution in [0.3, 0.4) is 0 Å². The minimum absolute atomic E-state index is 0.0898. The Labute approximate surface area is 116 Å². The lowest BCUT2D eigenvalue weighted by Crippen LogP contribution is -2.33. The van der Waals surface area contributed by atoms with E-state index in [1.165, 1.54) is 0 Å². The van der Waals surface area contributed by atoms with Crippen molar-refractivity contribution in [1.29, 1.82) is 0 Å². The van der Waals surface area contributed by atoms with Crippen LogP contribution < -0.4 is 0 Å². The fourth-order valence-electron chi connectivity index (χ4n) is 2.75. The molecule has 2 aliphatic heterocycles. The van der Waals surface area contributed by atoms with Crippen LogP contribution in [0.5, 0.6) is 0 Å². The predicted molar refractivity (Wildman–Crippen MR) is 72.0 cm³/mol. The predicted octanol–water partition coefficient (Wildman–Crippen LogP) is 1.75. The molecule has 5 nitrogen and oxygen atoms in total. The number of fused-ring (bicyclic) bond motifs is 1. The van der Waals surface area contributed by atoms with Crippen LogP contribution in [0.4, 0.5) is 0 Å². The lowest BCUT2D eigenvalue weighted by molar-refractivity contribution is -0.149. The van der Waals surface area contributed by atoms with Crippen LogP contribution in [0.25, 0.3) is 5.70 Å². The van der Waals surface area contributed by atoms with Gasteiger partial charge in [-0.2, -0.15) is 0 Å². The zero-order chi connectivity index (χ0) is 14.3. The van der Waals surface area contributed by atoms with E-state index in [1.807, 2.05) is 18.2 Å². The number of hydrogen-bond acceptors (Lipinski definition) is 3. The van der Waals surface area contributed by atoms with Crippen LogP contribution >= 0.6 is 0 Å². The van der Waals surface area contributed by atoms with Crippen molar-refractivity contribution < 1.29 is 19.4 Å². The zero-order valence-corrected chi connectivity index (χ0v) is 10.9. The number of carboxylic acid groups (broad SMARTS) is 1. The summed E-state index contributed by atoms with van der Waals surface area (Å²) in [5, 5.41) is 8.91. The van der Waals surface area contributed by atoms with E-state index in [1.54, 1.807) is 11.0 Å². The molecular weight excluding hydrogens is 258 g/mol. The third kappa shape index (κ3) is 2.00. The Bertz CT molecular complexity index is 560. The van der Waals surface area contributed by atoms with Crippen molar-refractivity contribution in [2.24, 2.45) is 0 Å². The molecule has 0 radical (unpaired) electrons. The van der Waals surface area contributed by atoms with Gasteiger partial charge >= 0.3 is 5.97 Å². The minimum Gasteiger partial charge on any atom is -0.479 e. The first kappa shape index (κ1) is 12.9. The Hall–Kier alpha value is -2.14. The molecule has 5 heteroatoms. The number of hydrogen-bond donors (Lipinski definition) is 1. The van der Waals surface area contributed by atoms with Crippen LogP contribution in [0, 0.1) is 0 Å². The van der Waals surface area contributed by atoms with Gasteiger partial charge in [-0.15, -0.1) is 0 Å². The fraction of sp³-hybridized carbons (Fsp3) is 0.333. The molecule has 1 amide bonds. The van der Waals surface area contributed by atoms with Gasteiger partial charge in [-0.3, -0.25) is 4.79 Å². The summed E-state index contributed by atoms with van der Waals surface area (Å²) in [6.07, 6.45) is 0.130. The molecule has 2 aliphatic rings. The molecule has 0 spiro atoms. The lowest BCUT2D eigenvalue weighted by atomic mass is 10.1. The van der Waals surface area contributed by atoms with Crippen LogP contribution in [-0.2, 0) is 9.53 Å². The molecule has 0 aromatic heterocycles. The second kappa shape index (κ2) is 4.76. The van der Waals surface area contributed by atoms with Crippen molar-refractivity contribution in [3.8, 4) is 0 Å². The van der Waals surface area contributed by atoms with Crippen molar-refractivity contribution in [2.75, 3.05) is 6.54 Å². The number of ether oxygens (including phenoxy) is 1. The third-order valence-corrected chi connectivity index (χ3v) is 3.81. The van der Waals surface area contributed by atoms with Crippen molar-refractivity contribution in [1.82, 2.24) is 4.90 Å². The van der Waals surface area contributed by atoms with E-state index in [4.69, 9.17) is 9.84 Å². The minimum atomic E-state index is -0.942.